The van der Waals surface area contributed by atoms with E-state index in [0.29, 0.717) is 18.3 Å². The molecule has 0 spiro atoms. The fourth-order valence-electron chi connectivity index (χ4n) is 1.51. The van der Waals surface area contributed by atoms with Crippen LogP contribution < -0.4 is 16.2 Å². The van der Waals surface area contributed by atoms with Gasteiger partial charge in [-0.2, -0.15) is 0 Å². The number of aryl methyl sites for hydroxylation is 1. The van der Waals surface area contributed by atoms with E-state index in [4.69, 9.17) is 0 Å². The van der Waals surface area contributed by atoms with Gasteiger partial charge in [-0.1, -0.05) is 6.92 Å². The van der Waals surface area contributed by atoms with Gasteiger partial charge in [0.15, 0.2) is 5.82 Å². The molecule has 5 heteroatoms. The Morgan fingerprint density at radius 2 is 2.25 bits per heavy atom. The fourth-order valence-corrected chi connectivity index (χ4v) is 1.51. The molecule has 0 bridgehead atoms. The summed E-state index contributed by atoms with van der Waals surface area (Å²) >= 11 is 0. The number of nitrogens with zero attached hydrogens (tertiary/aromatic N) is 2. The maximum atomic E-state index is 11.8. The van der Waals surface area contributed by atoms with Crippen molar-refractivity contribution in [1.29, 1.82) is 0 Å². The highest BCUT2D eigenvalue weighted by molar-refractivity contribution is 5.30. The second-order valence-corrected chi connectivity index (χ2v) is 3.91. The van der Waals surface area contributed by atoms with Crippen molar-refractivity contribution in [3.05, 3.63) is 22.7 Å². The monoisotopic (exact) mass is 224 g/mol. The van der Waals surface area contributed by atoms with Crippen molar-refractivity contribution in [3.63, 3.8) is 0 Å². The molecule has 0 amide bonds. The molecule has 0 aliphatic heterocycles. The molecule has 2 N–H and O–H groups in total. The predicted molar refractivity (Wildman–Crippen MR) is 65.8 cm³/mol. The van der Waals surface area contributed by atoms with Gasteiger partial charge in [0.2, 0.25) is 0 Å². The molecule has 1 atom stereocenters. The molecule has 0 fully saturated rings. The Morgan fingerprint density at radius 3 is 2.88 bits per heavy atom. The van der Waals surface area contributed by atoms with Crippen molar-refractivity contribution >= 4 is 5.82 Å². The molecule has 0 saturated carbocycles. The van der Waals surface area contributed by atoms with Crippen molar-refractivity contribution < 1.29 is 0 Å². The molecule has 0 aromatic carbocycles. The number of hydrogen-bond donors (Lipinski definition) is 2. The first-order chi connectivity index (χ1) is 7.69. The maximum Gasteiger partial charge on any atom is 0.293 e. The molecular formula is C11H20N4O. The summed E-state index contributed by atoms with van der Waals surface area (Å²) in [5.74, 6) is 0.897. The van der Waals surface area contributed by atoms with E-state index >= 15 is 0 Å². The predicted octanol–water partition coefficient (Wildman–Crippen LogP) is 0.531. The molecule has 1 aromatic rings. The van der Waals surface area contributed by atoms with Gasteiger partial charge in [0.1, 0.15) is 0 Å². The van der Waals surface area contributed by atoms with Crippen molar-refractivity contribution in [2.24, 2.45) is 5.92 Å². The van der Waals surface area contributed by atoms with Gasteiger partial charge in [-0.05, 0) is 26.4 Å². The normalized spacial score (nSPS) is 12.4. The van der Waals surface area contributed by atoms with E-state index in [2.05, 4.69) is 22.5 Å². The molecule has 90 valence electrons. The molecule has 1 rings (SSSR count). The highest BCUT2D eigenvalue weighted by Gasteiger charge is 2.05. The lowest BCUT2D eigenvalue weighted by Crippen LogP contribution is -2.28. The third-order valence-corrected chi connectivity index (χ3v) is 2.42. The zero-order valence-corrected chi connectivity index (χ0v) is 10.2. The van der Waals surface area contributed by atoms with Crippen LogP contribution in [0.5, 0.6) is 0 Å². The first-order valence-corrected chi connectivity index (χ1v) is 5.63. The molecule has 1 heterocycles. The third kappa shape index (κ3) is 3.34. The minimum atomic E-state index is -0.0540. The van der Waals surface area contributed by atoms with E-state index in [9.17, 15) is 4.79 Å². The van der Waals surface area contributed by atoms with Crippen LogP contribution in [0.1, 0.15) is 13.8 Å². The number of anilines is 1. The zero-order chi connectivity index (χ0) is 12.0. The summed E-state index contributed by atoms with van der Waals surface area (Å²) in [5.41, 5.74) is -0.0540. The van der Waals surface area contributed by atoms with Crippen molar-refractivity contribution in [1.82, 2.24) is 14.9 Å². The molecule has 0 radical (unpaired) electrons. The molecule has 0 aliphatic carbocycles. The summed E-state index contributed by atoms with van der Waals surface area (Å²) in [6.45, 7) is 6.39. The quantitative estimate of drug-likeness (QED) is 0.740. The second-order valence-electron chi connectivity index (χ2n) is 3.91. The molecular weight excluding hydrogens is 204 g/mol. The molecule has 1 aromatic heterocycles. The van der Waals surface area contributed by atoms with E-state index in [-0.39, 0.29) is 5.56 Å². The van der Waals surface area contributed by atoms with Crippen molar-refractivity contribution in [2.45, 2.75) is 20.4 Å². The Morgan fingerprint density at radius 1 is 1.50 bits per heavy atom. The van der Waals surface area contributed by atoms with Gasteiger partial charge in [-0.3, -0.25) is 4.79 Å². The minimum Gasteiger partial charge on any atom is -0.365 e. The van der Waals surface area contributed by atoms with Crippen LogP contribution in [0, 0.1) is 5.92 Å². The van der Waals surface area contributed by atoms with Gasteiger partial charge < -0.3 is 15.2 Å². The van der Waals surface area contributed by atoms with E-state index in [0.717, 1.165) is 13.1 Å². The summed E-state index contributed by atoms with van der Waals surface area (Å²) in [7, 11) is 1.92. The Balaban J connectivity index is 2.64. The average molecular weight is 224 g/mol. The smallest absolute Gasteiger partial charge is 0.293 e. The largest absolute Gasteiger partial charge is 0.365 e. The van der Waals surface area contributed by atoms with Crippen LogP contribution in [0.3, 0.4) is 0 Å². The maximum absolute atomic E-state index is 11.8. The van der Waals surface area contributed by atoms with Crippen molar-refractivity contribution in [3.8, 4) is 0 Å². The van der Waals surface area contributed by atoms with Crippen LogP contribution in [-0.2, 0) is 6.54 Å². The second kappa shape index (κ2) is 6.27. The van der Waals surface area contributed by atoms with Gasteiger partial charge in [-0.25, -0.2) is 4.98 Å². The average Bonchev–Trinajstić information content (AvgIpc) is 2.28. The minimum absolute atomic E-state index is 0.0540. The molecule has 0 aliphatic rings. The SMILES string of the molecule is CCn1ccnc(NCC(C)CNC)c1=O. The molecule has 5 nitrogen and oxygen atoms in total. The summed E-state index contributed by atoms with van der Waals surface area (Å²) < 4.78 is 1.64. The Hall–Kier alpha value is -1.36. The Kier molecular flexibility index (Phi) is 4.98. The van der Waals surface area contributed by atoms with Crippen LogP contribution in [0.2, 0.25) is 0 Å². The number of nitrogens with one attached hydrogen (secondary N) is 2. The molecule has 0 saturated heterocycles. The van der Waals surface area contributed by atoms with Crippen LogP contribution in [0.15, 0.2) is 17.2 Å². The van der Waals surface area contributed by atoms with Crippen molar-refractivity contribution in [2.75, 3.05) is 25.5 Å². The summed E-state index contributed by atoms with van der Waals surface area (Å²) in [6.07, 6.45) is 3.35. The van der Waals surface area contributed by atoms with Crippen LogP contribution in [0.25, 0.3) is 0 Å². The Labute approximate surface area is 95.9 Å². The highest BCUT2D eigenvalue weighted by Crippen LogP contribution is 1.97. The summed E-state index contributed by atoms with van der Waals surface area (Å²) in [4.78, 5) is 15.8. The van der Waals surface area contributed by atoms with Gasteiger partial charge in [0, 0.05) is 25.5 Å². The lowest BCUT2D eigenvalue weighted by Gasteiger charge is -2.12. The lowest BCUT2D eigenvalue weighted by molar-refractivity contribution is 0.567. The summed E-state index contributed by atoms with van der Waals surface area (Å²) in [5, 5.41) is 6.18. The number of aromatic nitrogens is 2. The van der Waals surface area contributed by atoms with Gasteiger partial charge in [-0.15, -0.1) is 0 Å². The zero-order valence-electron chi connectivity index (χ0n) is 10.2. The number of rotatable bonds is 6. The van der Waals surface area contributed by atoms with Crippen LogP contribution in [0.4, 0.5) is 5.82 Å². The molecule has 16 heavy (non-hydrogen) atoms. The standard InChI is InChI=1S/C11H20N4O/c1-4-15-6-5-13-10(11(15)16)14-8-9(2)7-12-3/h5-6,9,12H,4,7-8H2,1-3H3,(H,13,14). The number of hydrogen-bond acceptors (Lipinski definition) is 4. The first-order valence-electron chi connectivity index (χ1n) is 5.63. The van der Waals surface area contributed by atoms with E-state index in [1.165, 1.54) is 0 Å². The summed E-state index contributed by atoms with van der Waals surface area (Å²) in [6, 6.07) is 0. The van der Waals surface area contributed by atoms with E-state index < -0.39 is 0 Å². The van der Waals surface area contributed by atoms with Gasteiger partial charge >= 0.3 is 0 Å². The first kappa shape index (κ1) is 12.7. The lowest BCUT2D eigenvalue weighted by atomic mass is 10.2. The topological polar surface area (TPSA) is 59.0 Å². The van der Waals surface area contributed by atoms with Crippen LogP contribution in [-0.4, -0.2) is 29.7 Å². The van der Waals surface area contributed by atoms with E-state index in [1.54, 1.807) is 17.0 Å². The third-order valence-electron chi connectivity index (χ3n) is 2.42. The highest BCUT2D eigenvalue weighted by atomic mass is 16.1. The Bertz CT molecular complexity index is 374. The van der Waals surface area contributed by atoms with E-state index in [1.807, 2.05) is 14.0 Å². The van der Waals surface area contributed by atoms with Gasteiger partial charge in [0.25, 0.3) is 5.56 Å². The van der Waals surface area contributed by atoms with Gasteiger partial charge in [0.05, 0.1) is 0 Å². The molecule has 1 unspecified atom stereocenters. The fraction of sp³-hybridized carbons (Fsp3) is 0.636. The van der Waals surface area contributed by atoms with Crippen LogP contribution >= 0.6 is 0 Å².